The maximum atomic E-state index is 13.4. The van der Waals surface area contributed by atoms with Crippen molar-refractivity contribution in [3.63, 3.8) is 0 Å². The van der Waals surface area contributed by atoms with Crippen LogP contribution in [0.2, 0.25) is 0 Å². The third-order valence-corrected chi connectivity index (χ3v) is 2.21. The molecule has 1 aromatic rings. The van der Waals surface area contributed by atoms with Crippen LogP contribution in [0.25, 0.3) is 0 Å². The van der Waals surface area contributed by atoms with Crippen molar-refractivity contribution in [2.24, 2.45) is 0 Å². The van der Waals surface area contributed by atoms with Gasteiger partial charge in [0.05, 0.1) is 4.92 Å². The van der Waals surface area contributed by atoms with Gasteiger partial charge in [-0.05, 0) is 6.07 Å². The second-order valence-corrected chi connectivity index (χ2v) is 3.46. The van der Waals surface area contributed by atoms with Gasteiger partial charge in [0.15, 0.2) is 0 Å². The third kappa shape index (κ3) is 2.35. The number of benzene rings is 1. The molecule has 0 aliphatic heterocycles. The van der Waals surface area contributed by atoms with E-state index in [1.165, 1.54) is 0 Å². The van der Waals surface area contributed by atoms with Crippen LogP contribution in [0.15, 0.2) is 24.3 Å². The molecule has 0 radical (unpaired) electrons. The zero-order valence-electron chi connectivity index (χ0n) is 8.79. The minimum atomic E-state index is -6.20. The lowest BCUT2D eigenvalue weighted by Gasteiger charge is -2.29. The summed E-state index contributed by atoms with van der Waals surface area (Å²) < 4.78 is 76.8. The number of rotatable bonds is 4. The van der Waals surface area contributed by atoms with Gasteiger partial charge in [0.2, 0.25) is 0 Å². The molecule has 0 bridgehead atoms. The first-order valence-corrected chi connectivity index (χ1v) is 4.52. The van der Waals surface area contributed by atoms with Crippen molar-refractivity contribution in [1.29, 1.82) is 0 Å². The van der Waals surface area contributed by atoms with E-state index in [2.05, 4.69) is 0 Å². The second kappa shape index (κ2) is 4.37. The maximum Gasteiger partial charge on any atom is 0.423 e. The molecule has 4 nitrogen and oxygen atoms in total. The lowest BCUT2D eigenvalue weighted by atomic mass is 9.99. The van der Waals surface area contributed by atoms with Gasteiger partial charge in [-0.1, -0.05) is 12.1 Å². The lowest BCUT2D eigenvalue weighted by Crippen LogP contribution is -2.52. The molecular formula is C9H5F6NO3. The van der Waals surface area contributed by atoms with Gasteiger partial charge in [0.25, 0.3) is 5.69 Å². The van der Waals surface area contributed by atoms with Gasteiger partial charge in [-0.2, -0.15) is 26.3 Å². The smallest absolute Gasteiger partial charge is 0.331 e. The van der Waals surface area contributed by atoms with Gasteiger partial charge >= 0.3 is 18.0 Å². The fourth-order valence-electron chi connectivity index (χ4n) is 1.26. The van der Waals surface area contributed by atoms with Crippen LogP contribution in [0, 0.1) is 10.1 Å². The summed E-state index contributed by atoms with van der Waals surface area (Å²) in [5.74, 6) is -11.8. The number of para-hydroxylation sites is 1. The molecule has 10 heteroatoms. The van der Waals surface area contributed by atoms with Crippen LogP contribution in [0.3, 0.4) is 0 Å². The van der Waals surface area contributed by atoms with E-state index in [0.717, 1.165) is 12.1 Å². The van der Waals surface area contributed by atoms with E-state index in [-0.39, 0.29) is 6.07 Å². The molecule has 0 spiro atoms. The Labute approximate surface area is 101 Å². The number of nitro benzene ring substituents is 1. The fourth-order valence-corrected chi connectivity index (χ4v) is 1.26. The zero-order valence-corrected chi connectivity index (χ0v) is 8.79. The van der Waals surface area contributed by atoms with Crippen LogP contribution in [0.4, 0.5) is 32.0 Å². The molecule has 106 valence electrons. The summed E-state index contributed by atoms with van der Waals surface area (Å²) in [6.45, 7) is 0. The van der Waals surface area contributed by atoms with E-state index in [1.807, 2.05) is 0 Å². The average molecular weight is 289 g/mol. The highest BCUT2D eigenvalue weighted by molar-refractivity contribution is 5.44. The number of aliphatic hydroxyl groups is 1. The van der Waals surface area contributed by atoms with Crippen molar-refractivity contribution in [3.8, 4) is 0 Å². The molecule has 0 aliphatic carbocycles. The second-order valence-electron chi connectivity index (χ2n) is 3.46. The van der Waals surface area contributed by atoms with E-state index in [9.17, 15) is 36.5 Å². The summed E-state index contributed by atoms with van der Waals surface area (Å²) in [4.78, 5) is 9.00. The molecule has 1 N–H and O–H groups in total. The molecule has 0 saturated carbocycles. The van der Waals surface area contributed by atoms with Crippen molar-refractivity contribution in [3.05, 3.63) is 39.9 Å². The average Bonchev–Trinajstić information content (AvgIpc) is 2.27. The highest BCUT2D eigenvalue weighted by atomic mass is 19.3. The van der Waals surface area contributed by atoms with Gasteiger partial charge in [0.1, 0.15) is 5.56 Å². The van der Waals surface area contributed by atoms with Crippen molar-refractivity contribution in [2.75, 3.05) is 0 Å². The van der Waals surface area contributed by atoms with E-state index in [4.69, 9.17) is 5.11 Å². The normalized spacial score (nSPS) is 13.4. The summed E-state index contributed by atoms with van der Waals surface area (Å²) in [6, 6.07) is 2.29. The monoisotopic (exact) mass is 289 g/mol. The lowest BCUT2D eigenvalue weighted by molar-refractivity contribution is -0.402. The highest BCUT2D eigenvalue weighted by Crippen LogP contribution is 2.51. The molecule has 0 amide bonds. The summed E-state index contributed by atoms with van der Waals surface area (Å²) in [5.41, 5.74) is -3.38. The standard InChI is InChI=1S/C9H5F6NO3/c10-7(11,8(12,13)9(14,15)17)5-3-1-2-4-6(5)16(18)19/h1-4,17H. The van der Waals surface area contributed by atoms with Gasteiger partial charge in [-0.3, -0.25) is 10.1 Å². The molecule has 19 heavy (non-hydrogen) atoms. The number of hydrogen-bond donors (Lipinski definition) is 1. The third-order valence-electron chi connectivity index (χ3n) is 2.21. The number of nitrogens with zero attached hydrogens (tertiary/aromatic N) is 1. The Morgan fingerprint density at radius 3 is 1.95 bits per heavy atom. The first kappa shape index (κ1) is 15.2. The fraction of sp³-hybridized carbons (Fsp3) is 0.333. The van der Waals surface area contributed by atoms with Crippen molar-refractivity contribution in [1.82, 2.24) is 0 Å². The van der Waals surface area contributed by atoms with Crippen LogP contribution in [-0.2, 0) is 5.92 Å². The Balaban J connectivity index is 3.48. The Kier molecular flexibility index (Phi) is 3.50. The van der Waals surface area contributed by atoms with E-state index < -0.39 is 34.1 Å². The Bertz CT molecular complexity index is 499. The molecule has 1 aromatic carbocycles. The van der Waals surface area contributed by atoms with Gasteiger partial charge < -0.3 is 5.11 Å². The minimum absolute atomic E-state index is 0.206. The number of alkyl halides is 6. The number of hydrogen-bond acceptors (Lipinski definition) is 3. The molecule has 0 aliphatic rings. The first-order chi connectivity index (χ1) is 8.43. The minimum Gasteiger partial charge on any atom is -0.331 e. The predicted molar refractivity (Wildman–Crippen MR) is 49.1 cm³/mol. The number of halogens is 6. The van der Waals surface area contributed by atoms with Crippen LogP contribution < -0.4 is 0 Å². The summed E-state index contributed by atoms with van der Waals surface area (Å²) in [5, 5.41) is 18.3. The van der Waals surface area contributed by atoms with E-state index in [1.54, 1.807) is 0 Å². The molecule has 0 aromatic heterocycles. The Morgan fingerprint density at radius 1 is 1.05 bits per heavy atom. The Morgan fingerprint density at radius 2 is 1.53 bits per heavy atom. The van der Waals surface area contributed by atoms with Crippen LogP contribution in [0.5, 0.6) is 0 Å². The molecule has 0 unspecified atom stereocenters. The molecular weight excluding hydrogens is 284 g/mol. The van der Waals surface area contributed by atoms with Crippen molar-refractivity contribution < 1.29 is 36.4 Å². The van der Waals surface area contributed by atoms with Gasteiger partial charge in [-0.15, -0.1) is 0 Å². The first-order valence-electron chi connectivity index (χ1n) is 4.52. The SMILES string of the molecule is O=[N+]([O-])c1ccccc1C(F)(F)C(F)(F)C(O)(F)F. The van der Waals surface area contributed by atoms with Crippen molar-refractivity contribution in [2.45, 2.75) is 18.0 Å². The Hall–Kier alpha value is -1.84. The largest absolute Gasteiger partial charge is 0.423 e. The molecule has 1 rings (SSSR count). The zero-order chi connectivity index (χ0) is 15.1. The highest BCUT2D eigenvalue weighted by Gasteiger charge is 2.73. The van der Waals surface area contributed by atoms with Crippen molar-refractivity contribution >= 4 is 5.69 Å². The van der Waals surface area contributed by atoms with E-state index in [0.29, 0.717) is 6.07 Å². The quantitative estimate of drug-likeness (QED) is 0.526. The van der Waals surface area contributed by atoms with Gasteiger partial charge in [-0.25, -0.2) is 0 Å². The molecule has 0 atom stereocenters. The maximum absolute atomic E-state index is 13.4. The summed E-state index contributed by atoms with van der Waals surface area (Å²) in [6.07, 6.45) is -6.04. The summed E-state index contributed by atoms with van der Waals surface area (Å²) in [7, 11) is 0. The van der Waals surface area contributed by atoms with Crippen LogP contribution >= 0.6 is 0 Å². The topological polar surface area (TPSA) is 63.4 Å². The van der Waals surface area contributed by atoms with Gasteiger partial charge in [0, 0.05) is 6.07 Å². The van der Waals surface area contributed by atoms with Crippen LogP contribution in [-0.4, -0.2) is 22.1 Å². The summed E-state index contributed by atoms with van der Waals surface area (Å²) >= 11 is 0. The molecule has 0 saturated heterocycles. The van der Waals surface area contributed by atoms with E-state index >= 15 is 0 Å². The molecule has 0 fully saturated rings. The predicted octanol–water partition coefficient (Wildman–Crippen LogP) is 2.91. The number of nitro groups is 1. The van der Waals surface area contributed by atoms with Crippen LogP contribution in [0.1, 0.15) is 5.56 Å². The molecule has 0 heterocycles.